The molecule has 1 nitrogen and oxygen atoms in total. The summed E-state index contributed by atoms with van der Waals surface area (Å²) in [5.74, 6) is 1.41. The Hall–Kier alpha value is -0.0400. The minimum Gasteiger partial charge on any atom is -0.393 e. The van der Waals surface area contributed by atoms with Crippen molar-refractivity contribution in [2.45, 2.75) is 78.7 Å². The first-order valence-electron chi connectivity index (χ1n) is 6.97. The lowest BCUT2D eigenvalue weighted by atomic mass is 9.74. The van der Waals surface area contributed by atoms with Crippen molar-refractivity contribution in [3.8, 4) is 0 Å². The standard InChI is InChI=1S/C12H24O.C2H6/c1-3-5-7-10-8-6-9-12(13)11(10)4-2;1-2/h10-13H,3-9H2,1-2H3;1-2H3. The SMILES string of the molecule is CC.CCCCC1CCCC(O)C1CC. The minimum atomic E-state index is 0.000561. The van der Waals surface area contributed by atoms with Gasteiger partial charge in [0.15, 0.2) is 0 Å². The Balaban J connectivity index is 0.000000921. The van der Waals surface area contributed by atoms with Crippen LogP contribution in [-0.2, 0) is 0 Å². The van der Waals surface area contributed by atoms with Crippen molar-refractivity contribution in [2.24, 2.45) is 11.8 Å². The van der Waals surface area contributed by atoms with Gasteiger partial charge in [0, 0.05) is 0 Å². The zero-order valence-corrected chi connectivity index (χ0v) is 11.1. The first-order valence-corrected chi connectivity index (χ1v) is 6.97. The molecule has 15 heavy (non-hydrogen) atoms. The number of hydrogen-bond donors (Lipinski definition) is 1. The van der Waals surface area contributed by atoms with E-state index < -0.39 is 0 Å². The molecule has 0 radical (unpaired) electrons. The average Bonchev–Trinajstić information content (AvgIpc) is 2.29. The fourth-order valence-electron chi connectivity index (χ4n) is 2.76. The van der Waals surface area contributed by atoms with Crippen LogP contribution in [0.5, 0.6) is 0 Å². The Bertz CT molecular complexity index is 133. The van der Waals surface area contributed by atoms with Crippen molar-refractivity contribution in [3.05, 3.63) is 0 Å². The van der Waals surface area contributed by atoms with E-state index >= 15 is 0 Å². The minimum absolute atomic E-state index is 0.000561. The fourth-order valence-corrected chi connectivity index (χ4v) is 2.76. The Labute approximate surface area is 96.3 Å². The van der Waals surface area contributed by atoms with Crippen molar-refractivity contribution >= 4 is 0 Å². The third-order valence-corrected chi connectivity index (χ3v) is 3.57. The molecule has 0 aromatic rings. The lowest BCUT2D eigenvalue weighted by molar-refractivity contribution is 0.0267. The van der Waals surface area contributed by atoms with Crippen LogP contribution in [0.2, 0.25) is 0 Å². The summed E-state index contributed by atoms with van der Waals surface area (Å²) in [4.78, 5) is 0. The number of hydrogen-bond acceptors (Lipinski definition) is 1. The predicted octanol–water partition coefficient (Wildman–Crippen LogP) is 4.39. The van der Waals surface area contributed by atoms with Gasteiger partial charge in [-0.1, -0.05) is 59.8 Å². The van der Waals surface area contributed by atoms with E-state index in [0.29, 0.717) is 5.92 Å². The van der Waals surface area contributed by atoms with Crippen LogP contribution in [0.1, 0.15) is 72.6 Å². The summed E-state index contributed by atoms with van der Waals surface area (Å²) >= 11 is 0. The summed E-state index contributed by atoms with van der Waals surface area (Å²) in [6.45, 7) is 8.47. The molecule has 0 heterocycles. The molecule has 0 spiro atoms. The largest absolute Gasteiger partial charge is 0.393 e. The van der Waals surface area contributed by atoms with Crippen molar-refractivity contribution in [1.82, 2.24) is 0 Å². The zero-order chi connectivity index (χ0) is 11.7. The van der Waals surface area contributed by atoms with Gasteiger partial charge in [0.1, 0.15) is 0 Å². The molecule has 0 saturated heterocycles. The van der Waals surface area contributed by atoms with Crippen molar-refractivity contribution in [3.63, 3.8) is 0 Å². The second kappa shape index (κ2) is 9.21. The zero-order valence-electron chi connectivity index (χ0n) is 11.1. The Morgan fingerprint density at radius 1 is 1.13 bits per heavy atom. The molecule has 1 N–H and O–H groups in total. The van der Waals surface area contributed by atoms with Crippen LogP contribution in [0.4, 0.5) is 0 Å². The Morgan fingerprint density at radius 3 is 2.33 bits per heavy atom. The van der Waals surface area contributed by atoms with E-state index in [2.05, 4.69) is 13.8 Å². The highest BCUT2D eigenvalue weighted by Crippen LogP contribution is 2.35. The van der Waals surface area contributed by atoms with Gasteiger partial charge < -0.3 is 5.11 Å². The first kappa shape index (κ1) is 15.0. The summed E-state index contributed by atoms with van der Waals surface area (Å²) in [6.07, 6.45) is 8.78. The maximum absolute atomic E-state index is 9.84. The molecule has 0 aromatic heterocycles. The maximum Gasteiger partial charge on any atom is 0.0570 e. The van der Waals surface area contributed by atoms with Crippen molar-refractivity contribution in [1.29, 1.82) is 0 Å². The molecule has 1 aliphatic rings. The van der Waals surface area contributed by atoms with Crippen LogP contribution < -0.4 is 0 Å². The second-order valence-electron chi connectivity index (χ2n) is 4.47. The maximum atomic E-state index is 9.84. The number of aliphatic hydroxyl groups is 1. The molecule has 3 atom stereocenters. The second-order valence-corrected chi connectivity index (χ2v) is 4.47. The van der Waals surface area contributed by atoms with E-state index in [9.17, 15) is 5.11 Å². The van der Waals surface area contributed by atoms with Gasteiger partial charge in [-0.3, -0.25) is 0 Å². The normalized spacial score (nSPS) is 30.6. The topological polar surface area (TPSA) is 20.2 Å². The van der Waals surface area contributed by atoms with Crippen LogP contribution in [0, 0.1) is 11.8 Å². The van der Waals surface area contributed by atoms with Gasteiger partial charge in [-0.15, -0.1) is 0 Å². The molecule has 92 valence electrons. The molecule has 1 rings (SSSR count). The quantitative estimate of drug-likeness (QED) is 0.736. The molecule has 1 heteroatoms. The third kappa shape index (κ3) is 5.01. The van der Waals surface area contributed by atoms with Crippen molar-refractivity contribution in [2.75, 3.05) is 0 Å². The van der Waals surface area contributed by atoms with Gasteiger partial charge in [-0.2, -0.15) is 0 Å². The Morgan fingerprint density at radius 2 is 1.80 bits per heavy atom. The summed E-state index contributed by atoms with van der Waals surface area (Å²) < 4.78 is 0. The lowest BCUT2D eigenvalue weighted by Crippen LogP contribution is -2.31. The van der Waals surface area contributed by atoms with Gasteiger partial charge >= 0.3 is 0 Å². The molecule has 3 unspecified atom stereocenters. The van der Waals surface area contributed by atoms with E-state index in [-0.39, 0.29) is 6.10 Å². The van der Waals surface area contributed by atoms with E-state index in [1.165, 1.54) is 32.1 Å². The summed E-state index contributed by atoms with van der Waals surface area (Å²) in [7, 11) is 0. The highest BCUT2D eigenvalue weighted by atomic mass is 16.3. The van der Waals surface area contributed by atoms with Gasteiger partial charge in [0.25, 0.3) is 0 Å². The molecule has 0 bridgehead atoms. The van der Waals surface area contributed by atoms with Crippen molar-refractivity contribution < 1.29 is 5.11 Å². The number of rotatable bonds is 4. The molecule has 0 aromatic carbocycles. The Kier molecular flexibility index (Phi) is 9.18. The molecular formula is C14H30O. The van der Waals surface area contributed by atoms with Gasteiger partial charge in [0.05, 0.1) is 6.10 Å². The van der Waals surface area contributed by atoms with Crippen LogP contribution in [0.25, 0.3) is 0 Å². The highest BCUT2D eigenvalue weighted by molar-refractivity contribution is 4.80. The van der Waals surface area contributed by atoms with Crippen LogP contribution >= 0.6 is 0 Å². The van der Waals surface area contributed by atoms with E-state index in [1.807, 2.05) is 13.8 Å². The van der Waals surface area contributed by atoms with Gasteiger partial charge in [-0.25, -0.2) is 0 Å². The smallest absolute Gasteiger partial charge is 0.0570 e. The van der Waals surface area contributed by atoms with E-state index in [1.54, 1.807) is 0 Å². The lowest BCUT2D eigenvalue weighted by Gasteiger charge is -2.35. The predicted molar refractivity (Wildman–Crippen MR) is 68.0 cm³/mol. The number of unbranched alkanes of at least 4 members (excludes halogenated alkanes) is 1. The molecule has 1 saturated carbocycles. The van der Waals surface area contributed by atoms with E-state index in [0.717, 1.165) is 18.8 Å². The summed E-state index contributed by atoms with van der Waals surface area (Å²) in [5.41, 5.74) is 0. The van der Waals surface area contributed by atoms with Crippen LogP contribution in [-0.4, -0.2) is 11.2 Å². The molecule has 1 aliphatic carbocycles. The molecular weight excluding hydrogens is 184 g/mol. The van der Waals surface area contributed by atoms with Gasteiger partial charge in [0.2, 0.25) is 0 Å². The number of aliphatic hydroxyl groups excluding tert-OH is 1. The van der Waals surface area contributed by atoms with Crippen LogP contribution in [0.15, 0.2) is 0 Å². The third-order valence-electron chi connectivity index (χ3n) is 3.57. The molecule has 1 fully saturated rings. The summed E-state index contributed by atoms with van der Waals surface area (Å²) in [6, 6.07) is 0. The van der Waals surface area contributed by atoms with Gasteiger partial charge in [-0.05, 0) is 24.7 Å². The monoisotopic (exact) mass is 214 g/mol. The first-order chi connectivity index (χ1) is 7.29. The molecule has 0 aliphatic heterocycles. The van der Waals surface area contributed by atoms with Crippen LogP contribution in [0.3, 0.4) is 0 Å². The fraction of sp³-hybridized carbons (Fsp3) is 1.00. The average molecular weight is 214 g/mol. The summed E-state index contributed by atoms with van der Waals surface area (Å²) in [5, 5.41) is 9.84. The molecule has 0 amide bonds. The van der Waals surface area contributed by atoms with E-state index in [4.69, 9.17) is 0 Å². The highest BCUT2D eigenvalue weighted by Gasteiger charge is 2.29.